The lowest BCUT2D eigenvalue weighted by atomic mass is 9.48. The average molecular weight is 528 g/mol. The van der Waals surface area contributed by atoms with Gasteiger partial charge >= 0.3 is 0 Å². The van der Waals surface area contributed by atoms with E-state index in [4.69, 9.17) is 4.74 Å². The maximum atomic E-state index is 13.8. The molecule has 206 valence electrons. The molecule has 0 spiro atoms. The summed E-state index contributed by atoms with van der Waals surface area (Å²) >= 11 is 0. The van der Waals surface area contributed by atoms with Gasteiger partial charge in [0, 0.05) is 38.2 Å². The zero-order chi connectivity index (χ0) is 27.2. The first-order valence-electron chi connectivity index (χ1n) is 14.9. The van der Waals surface area contributed by atoms with Crippen molar-refractivity contribution >= 4 is 17.3 Å². The van der Waals surface area contributed by atoms with E-state index in [9.17, 15) is 14.7 Å². The largest absolute Gasteiger partial charge is 0.384 e. The molecule has 5 atom stereocenters. The van der Waals surface area contributed by atoms with Crippen LogP contribution in [0, 0.1) is 34.5 Å². The van der Waals surface area contributed by atoms with Crippen molar-refractivity contribution in [3.05, 3.63) is 52.6 Å². The summed E-state index contributed by atoms with van der Waals surface area (Å²) in [6.45, 7) is 4.34. The van der Waals surface area contributed by atoms with Crippen molar-refractivity contribution in [1.82, 2.24) is 0 Å². The quantitative estimate of drug-likeness (QED) is 0.521. The molecule has 1 N–H and O–H groups in total. The second-order valence-corrected chi connectivity index (χ2v) is 12.5. The SMILES string of the molecule is COCC(=O)[C@@]1(C#CCO)CC[C@H]2[C@@H]3CCC4=CC(=O)CCC4=C3[C@@H](c3ccc(N4CCCC4)cc3)C[C@@]21C. The van der Waals surface area contributed by atoms with Gasteiger partial charge in [-0.1, -0.05) is 36.5 Å². The summed E-state index contributed by atoms with van der Waals surface area (Å²) in [5, 5.41) is 9.66. The number of methoxy groups -OCH3 is 1. The van der Waals surface area contributed by atoms with Crippen molar-refractivity contribution in [2.24, 2.45) is 22.7 Å². The lowest BCUT2D eigenvalue weighted by Gasteiger charge is -2.54. The Labute approximate surface area is 232 Å². The molecule has 1 aromatic carbocycles. The number of allylic oxidation sites excluding steroid dienone is 4. The van der Waals surface area contributed by atoms with E-state index < -0.39 is 5.41 Å². The van der Waals surface area contributed by atoms with Crippen LogP contribution in [0.5, 0.6) is 0 Å². The molecule has 3 fully saturated rings. The number of nitrogens with zero attached hydrogens (tertiary/aromatic N) is 1. The third-order valence-corrected chi connectivity index (χ3v) is 10.8. The monoisotopic (exact) mass is 527 g/mol. The molecule has 0 aromatic heterocycles. The van der Waals surface area contributed by atoms with Gasteiger partial charge in [-0.2, -0.15) is 0 Å². The molecule has 0 radical (unpaired) electrons. The topological polar surface area (TPSA) is 66.8 Å². The van der Waals surface area contributed by atoms with Crippen molar-refractivity contribution in [3.63, 3.8) is 0 Å². The average Bonchev–Trinajstić information content (AvgIpc) is 3.58. The number of fused-ring (bicyclic) bond motifs is 4. The number of carbonyl (C=O) groups is 2. The highest BCUT2D eigenvalue weighted by atomic mass is 16.5. The molecule has 1 aromatic rings. The molecule has 1 saturated heterocycles. The van der Waals surface area contributed by atoms with Gasteiger partial charge in [-0.05, 0) is 104 Å². The first-order chi connectivity index (χ1) is 18.9. The van der Waals surface area contributed by atoms with E-state index in [0.717, 1.165) is 45.2 Å². The Kier molecular flexibility index (Phi) is 7.06. The maximum absolute atomic E-state index is 13.8. The number of Topliss-reactive ketones (excluding diaryl/α,β-unsaturated/α-hetero) is 1. The van der Waals surface area contributed by atoms with Crippen LogP contribution in [0.3, 0.4) is 0 Å². The third kappa shape index (κ3) is 4.23. The van der Waals surface area contributed by atoms with Gasteiger partial charge in [0.25, 0.3) is 0 Å². The van der Waals surface area contributed by atoms with Crippen LogP contribution >= 0.6 is 0 Å². The summed E-state index contributed by atoms with van der Waals surface area (Å²) in [4.78, 5) is 28.6. The Morgan fingerprint density at radius 3 is 2.62 bits per heavy atom. The zero-order valence-electron chi connectivity index (χ0n) is 23.4. The van der Waals surface area contributed by atoms with E-state index in [1.54, 1.807) is 7.11 Å². The molecule has 2 saturated carbocycles. The van der Waals surface area contributed by atoms with E-state index >= 15 is 0 Å². The molecule has 1 heterocycles. The van der Waals surface area contributed by atoms with Crippen molar-refractivity contribution < 1.29 is 19.4 Å². The van der Waals surface area contributed by atoms with Gasteiger partial charge in [0.2, 0.25) is 0 Å². The number of hydrogen-bond acceptors (Lipinski definition) is 5. The smallest absolute Gasteiger partial charge is 0.176 e. The van der Waals surface area contributed by atoms with Crippen LogP contribution < -0.4 is 4.90 Å². The van der Waals surface area contributed by atoms with Gasteiger partial charge in [0.05, 0.1) is 5.41 Å². The second kappa shape index (κ2) is 10.4. The Morgan fingerprint density at radius 1 is 1.13 bits per heavy atom. The van der Waals surface area contributed by atoms with E-state index in [1.165, 1.54) is 40.8 Å². The van der Waals surface area contributed by atoms with Crippen LogP contribution in [0.4, 0.5) is 5.69 Å². The minimum Gasteiger partial charge on any atom is -0.384 e. The number of ether oxygens (including phenoxy) is 1. The number of aliphatic hydroxyl groups is 1. The minimum atomic E-state index is -0.820. The number of anilines is 1. The molecule has 39 heavy (non-hydrogen) atoms. The summed E-state index contributed by atoms with van der Waals surface area (Å²) in [7, 11) is 1.58. The molecule has 0 bridgehead atoms. The Bertz CT molecular complexity index is 1270. The number of carbonyl (C=O) groups excluding carboxylic acids is 2. The molecular formula is C34H41NO4. The van der Waals surface area contributed by atoms with E-state index in [2.05, 4.69) is 47.9 Å². The highest BCUT2D eigenvalue weighted by Crippen LogP contribution is 2.69. The lowest BCUT2D eigenvalue weighted by Crippen LogP contribution is -2.51. The molecular weight excluding hydrogens is 486 g/mol. The summed E-state index contributed by atoms with van der Waals surface area (Å²) < 4.78 is 5.37. The highest BCUT2D eigenvalue weighted by Gasteiger charge is 2.65. The van der Waals surface area contributed by atoms with Gasteiger partial charge in [-0.3, -0.25) is 9.59 Å². The van der Waals surface area contributed by atoms with Gasteiger partial charge in [0.1, 0.15) is 13.2 Å². The normalized spacial score (nSPS) is 33.6. The van der Waals surface area contributed by atoms with Crippen LogP contribution in [0.25, 0.3) is 0 Å². The summed E-state index contributed by atoms with van der Waals surface area (Å²) in [5.41, 5.74) is 5.64. The van der Waals surface area contributed by atoms with Gasteiger partial charge in [0.15, 0.2) is 11.6 Å². The van der Waals surface area contributed by atoms with E-state index in [1.807, 2.05) is 6.08 Å². The summed E-state index contributed by atoms with van der Waals surface area (Å²) in [5.74, 6) is 7.45. The van der Waals surface area contributed by atoms with Gasteiger partial charge < -0.3 is 14.7 Å². The van der Waals surface area contributed by atoms with Crippen LogP contribution in [0.15, 0.2) is 47.1 Å². The Morgan fingerprint density at radius 2 is 1.90 bits per heavy atom. The Hall–Kier alpha value is -2.68. The van der Waals surface area contributed by atoms with Crippen molar-refractivity contribution in [2.75, 3.05) is 38.3 Å². The molecule has 4 aliphatic carbocycles. The Balaban J connectivity index is 1.48. The van der Waals surface area contributed by atoms with Crippen molar-refractivity contribution in [1.29, 1.82) is 0 Å². The van der Waals surface area contributed by atoms with Crippen LogP contribution in [-0.4, -0.2) is 50.1 Å². The fourth-order valence-electron chi connectivity index (χ4n) is 9.06. The lowest BCUT2D eigenvalue weighted by molar-refractivity contribution is -0.136. The first-order valence-corrected chi connectivity index (χ1v) is 14.9. The summed E-state index contributed by atoms with van der Waals surface area (Å²) in [6, 6.07) is 9.18. The summed E-state index contributed by atoms with van der Waals surface area (Å²) in [6.07, 6.45) is 10.3. The maximum Gasteiger partial charge on any atom is 0.176 e. The number of hydrogen-bond donors (Lipinski definition) is 1. The molecule has 0 amide bonds. The predicted octanol–water partition coefficient (Wildman–Crippen LogP) is 5.38. The fraction of sp³-hybridized carbons (Fsp3) is 0.588. The van der Waals surface area contributed by atoms with Crippen LogP contribution in [-0.2, 0) is 14.3 Å². The van der Waals surface area contributed by atoms with E-state index in [-0.39, 0.29) is 36.1 Å². The van der Waals surface area contributed by atoms with Crippen LogP contribution in [0.1, 0.15) is 76.2 Å². The number of aliphatic hydroxyl groups excluding tert-OH is 1. The van der Waals surface area contributed by atoms with Crippen LogP contribution in [0.2, 0.25) is 0 Å². The molecule has 6 rings (SSSR count). The zero-order valence-corrected chi connectivity index (χ0v) is 23.4. The standard InChI is InChI=1S/C34H41NO4/c1-33-21-29(23-6-9-25(10-7-23)35-17-3-4-18-35)32-27-13-11-26(37)20-24(27)8-12-28(32)30(33)14-16-34(33,15-5-19-36)31(38)22-39-2/h6-7,9-10,20,28-30,36H,3-4,8,11-14,16-19,21-22H2,1-2H3/t28-,29+,30-,33-,34+/m0/s1. The minimum absolute atomic E-state index is 0.0469. The third-order valence-electron chi connectivity index (χ3n) is 10.8. The molecule has 1 aliphatic heterocycles. The van der Waals surface area contributed by atoms with Crippen molar-refractivity contribution in [3.8, 4) is 11.8 Å². The first kappa shape index (κ1) is 26.5. The van der Waals surface area contributed by atoms with Gasteiger partial charge in [-0.25, -0.2) is 0 Å². The fourth-order valence-corrected chi connectivity index (χ4v) is 9.06. The second-order valence-electron chi connectivity index (χ2n) is 12.5. The number of ketones is 2. The molecule has 5 aliphatic rings. The number of benzene rings is 1. The van der Waals surface area contributed by atoms with Crippen molar-refractivity contribution in [2.45, 2.75) is 70.6 Å². The number of rotatable bonds is 5. The van der Waals surface area contributed by atoms with E-state index in [0.29, 0.717) is 24.7 Å². The predicted molar refractivity (Wildman–Crippen MR) is 152 cm³/mol. The molecule has 5 heteroatoms. The van der Waals surface area contributed by atoms with Gasteiger partial charge in [-0.15, -0.1) is 0 Å². The highest BCUT2D eigenvalue weighted by molar-refractivity contribution is 5.93. The molecule has 0 unspecified atom stereocenters. The molecule has 5 nitrogen and oxygen atoms in total.